The summed E-state index contributed by atoms with van der Waals surface area (Å²) >= 11 is 0. The second-order valence-corrected chi connectivity index (χ2v) is 2.51. The summed E-state index contributed by atoms with van der Waals surface area (Å²) in [5, 5.41) is 8.50. The molecule has 74 valence electrons. The maximum Gasteiger partial charge on any atom is 0.337 e. The molecule has 2 atom stereocenters. The first-order valence-corrected chi connectivity index (χ1v) is 3.69. The fraction of sp³-hybridized carbons (Fsp3) is 0.714. The average Bonchev–Trinajstić information content (AvgIpc) is 2.17. The number of carboxylic acids is 1. The Labute approximate surface area is 74.4 Å². The summed E-state index contributed by atoms with van der Waals surface area (Å²) < 4.78 is 14.2. The molecule has 1 fully saturated rings. The number of aliphatic carboxylic acids is 1. The summed E-state index contributed by atoms with van der Waals surface area (Å²) in [4.78, 5) is 21.2. The Morgan fingerprint density at radius 2 is 1.85 bits per heavy atom. The van der Waals surface area contributed by atoms with Crippen LogP contribution in [0.15, 0.2) is 0 Å². The van der Waals surface area contributed by atoms with Crippen molar-refractivity contribution >= 4 is 11.9 Å². The first kappa shape index (κ1) is 9.94. The average molecular weight is 190 g/mol. The van der Waals surface area contributed by atoms with E-state index in [2.05, 4.69) is 4.74 Å². The molecule has 6 nitrogen and oxygen atoms in total. The van der Waals surface area contributed by atoms with Crippen LogP contribution in [0.2, 0.25) is 0 Å². The monoisotopic (exact) mass is 190 g/mol. The van der Waals surface area contributed by atoms with Crippen LogP contribution in [0, 0.1) is 0 Å². The van der Waals surface area contributed by atoms with Crippen molar-refractivity contribution < 1.29 is 28.9 Å². The molecule has 1 saturated heterocycles. The van der Waals surface area contributed by atoms with Crippen molar-refractivity contribution in [1.82, 2.24) is 0 Å². The van der Waals surface area contributed by atoms with Gasteiger partial charge in [0.25, 0.3) is 0 Å². The third kappa shape index (κ3) is 2.40. The quantitative estimate of drug-likeness (QED) is 0.564. The highest BCUT2D eigenvalue weighted by molar-refractivity contribution is 5.76. The van der Waals surface area contributed by atoms with Crippen LogP contribution in [0.1, 0.15) is 0 Å². The minimum Gasteiger partial charge on any atom is -0.479 e. The molecule has 13 heavy (non-hydrogen) atoms. The molecule has 0 bridgehead atoms. The standard InChI is InChI=1S/C7H10O6/c1-11-7(10)5-3-12-4(2-13-5)6(8)9/h4-5H,2-3H2,1H3,(H,8,9)/t4-,5-/m0/s1. The second kappa shape index (κ2) is 4.20. The van der Waals surface area contributed by atoms with Gasteiger partial charge in [-0.15, -0.1) is 0 Å². The molecule has 0 aliphatic carbocycles. The topological polar surface area (TPSA) is 82.1 Å². The second-order valence-electron chi connectivity index (χ2n) is 2.51. The normalized spacial score (nSPS) is 28.1. The van der Waals surface area contributed by atoms with Crippen LogP contribution in [0.3, 0.4) is 0 Å². The summed E-state index contributed by atoms with van der Waals surface area (Å²) in [7, 11) is 1.23. The lowest BCUT2D eigenvalue weighted by atomic mass is 10.3. The lowest BCUT2D eigenvalue weighted by Crippen LogP contribution is -2.44. The summed E-state index contributed by atoms with van der Waals surface area (Å²) in [6.07, 6.45) is -1.79. The van der Waals surface area contributed by atoms with Gasteiger partial charge >= 0.3 is 11.9 Å². The zero-order valence-electron chi connectivity index (χ0n) is 7.06. The molecule has 0 radical (unpaired) electrons. The summed E-state index contributed by atoms with van der Waals surface area (Å²) in [5.41, 5.74) is 0. The largest absolute Gasteiger partial charge is 0.479 e. The fourth-order valence-electron chi connectivity index (χ4n) is 0.913. The molecular formula is C7H10O6. The van der Waals surface area contributed by atoms with Gasteiger partial charge in [0.2, 0.25) is 0 Å². The Bertz CT molecular complexity index is 205. The van der Waals surface area contributed by atoms with Crippen LogP contribution in [-0.4, -0.2) is 49.6 Å². The van der Waals surface area contributed by atoms with Gasteiger partial charge in [0, 0.05) is 0 Å². The number of carbonyl (C=O) groups is 2. The molecule has 0 saturated carbocycles. The SMILES string of the molecule is COC(=O)[C@@H]1CO[C@H](C(=O)O)CO1. The zero-order chi connectivity index (χ0) is 9.84. The number of ether oxygens (including phenoxy) is 3. The van der Waals surface area contributed by atoms with Crippen molar-refractivity contribution in [3.05, 3.63) is 0 Å². The van der Waals surface area contributed by atoms with E-state index in [9.17, 15) is 9.59 Å². The van der Waals surface area contributed by atoms with Crippen molar-refractivity contribution in [2.75, 3.05) is 20.3 Å². The van der Waals surface area contributed by atoms with Crippen LogP contribution >= 0.6 is 0 Å². The predicted molar refractivity (Wildman–Crippen MR) is 39.1 cm³/mol. The van der Waals surface area contributed by atoms with E-state index < -0.39 is 24.1 Å². The van der Waals surface area contributed by atoms with E-state index in [1.165, 1.54) is 7.11 Å². The maximum absolute atomic E-state index is 10.9. The van der Waals surface area contributed by atoms with Crippen LogP contribution in [-0.2, 0) is 23.8 Å². The predicted octanol–water partition coefficient (Wildman–Crippen LogP) is -0.972. The minimum absolute atomic E-state index is 0.0797. The van der Waals surface area contributed by atoms with Crippen molar-refractivity contribution in [1.29, 1.82) is 0 Å². The van der Waals surface area contributed by atoms with E-state index in [4.69, 9.17) is 14.6 Å². The molecule has 0 unspecified atom stereocenters. The summed E-state index contributed by atoms with van der Waals surface area (Å²) in [6, 6.07) is 0. The zero-order valence-corrected chi connectivity index (χ0v) is 7.06. The van der Waals surface area contributed by atoms with E-state index in [-0.39, 0.29) is 13.2 Å². The Balaban J connectivity index is 2.39. The maximum atomic E-state index is 10.9. The van der Waals surface area contributed by atoms with Crippen molar-refractivity contribution in [2.24, 2.45) is 0 Å². The molecule has 1 aliphatic heterocycles. The molecule has 0 spiro atoms. The summed E-state index contributed by atoms with van der Waals surface area (Å²) in [5.74, 6) is -1.65. The molecule has 0 aromatic rings. The van der Waals surface area contributed by atoms with Gasteiger partial charge < -0.3 is 19.3 Å². The van der Waals surface area contributed by atoms with Gasteiger partial charge in [0.05, 0.1) is 20.3 Å². The third-order valence-electron chi connectivity index (χ3n) is 1.64. The molecule has 1 heterocycles. The van der Waals surface area contributed by atoms with Gasteiger partial charge in [0.1, 0.15) is 0 Å². The first-order chi connectivity index (χ1) is 6.15. The van der Waals surface area contributed by atoms with Crippen LogP contribution in [0.5, 0.6) is 0 Å². The smallest absolute Gasteiger partial charge is 0.337 e. The third-order valence-corrected chi connectivity index (χ3v) is 1.64. The van der Waals surface area contributed by atoms with Crippen molar-refractivity contribution in [2.45, 2.75) is 12.2 Å². The molecule has 0 amide bonds. The molecule has 0 aromatic carbocycles. The van der Waals surface area contributed by atoms with Gasteiger partial charge in [-0.1, -0.05) is 0 Å². The molecule has 0 aromatic heterocycles. The minimum atomic E-state index is -1.09. The van der Waals surface area contributed by atoms with Crippen LogP contribution < -0.4 is 0 Å². The number of hydrogen-bond donors (Lipinski definition) is 1. The van der Waals surface area contributed by atoms with E-state index >= 15 is 0 Å². The van der Waals surface area contributed by atoms with Gasteiger partial charge in [-0.2, -0.15) is 0 Å². The number of carboxylic acid groups (broad SMARTS) is 1. The Morgan fingerprint density at radius 1 is 1.31 bits per heavy atom. The molecular weight excluding hydrogens is 180 g/mol. The Kier molecular flexibility index (Phi) is 3.21. The van der Waals surface area contributed by atoms with Crippen molar-refractivity contribution in [3.63, 3.8) is 0 Å². The number of esters is 1. The lowest BCUT2D eigenvalue weighted by Gasteiger charge is -2.25. The fourth-order valence-corrected chi connectivity index (χ4v) is 0.913. The lowest BCUT2D eigenvalue weighted by molar-refractivity contribution is -0.189. The molecule has 1 N–H and O–H groups in total. The number of carbonyl (C=O) groups excluding carboxylic acids is 1. The molecule has 1 rings (SSSR count). The van der Waals surface area contributed by atoms with Gasteiger partial charge in [0.15, 0.2) is 12.2 Å². The Morgan fingerprint density at radius 3 is 2.23 bits per heavy atom. The highest BCUT2D eigenvalue weighted by Crippen LogP contribution is 2.08. The number of hydrogen-bond acceptors (Lipinski definition) is 5. The highest BCUT2D eigenvalue weighted by atomic mass is 16.6. The van der Waals surface area contributed by atoms with Gasteiger partial charge in [-0.25, -0.2) is 9.59 Å². The number of methoxy groups -OCH3 is 1. The van der Waals surface area contributed by atoms with E-state index in [0.717, 1.165) is 0 Å². The van der Waals surface area contributed by atoms with E-state index in [1.54, 1.807) is 0 Å². The first-order valence-electron chi connectivity index (χ1n) is 3.69. The summed E-state index contributed by atoms with van der Waals surface area (Å²) in [6.45, 7) is -0.210. The van der Waals surface area contributed by atoms with E-state index in [1.807, 2.05) is 0 Å². The Hall–Kier alpha value is -1.14. The van der Waals surface area contributed by atoms with Crippen LogP contribution in [0.25, 0.3) is 0 Å². The van der Waals surface area contributed by atoms with Gasteiger partial charge in [-0.05, 0) is 0 Å². The molecule has 6 heteroatoms. The molecule has 1 aliphatic rings. The van der Waals surface area contributed by atoms with E-state index in [0.29, 0.717) is 0 Å². The van der Waals surface area contributed by atoms with Gasteiger partial charge in [-0.3, -0.25) is 0 Å². The van der Waals surface area contributed by atoms with Crippen LogP contribution in [0.4, 0.5) is 0 Å². The number of rotatable bonds is 2. The highest BCUT2D eigenvalue weighted by Gasteiger charge is 2.31. The van der Waals surface area contributed by atoms with Crippen molar-refractivity contribution in [3.8, 4) is 0 Å².